The van der Waals surface area contributed by atoms with Gasteiger partial charge in [-0.15, -0.1) is 0 Å². The van der Waals surface area contributed by atoms with Gasteiger partial charge in [-0.25, -0.2) is 0 Å². The highest BCUT2D eigenvalue weighted by Gasteiger charge is 2.31. The molecule has 0 amide bonds. The van der Waals surface area contributed by atoms with Crippen LogP contribution in [0.25, 0.3) is 11.1 Å². The van der Waals surface area contributed by atoms with Crippen LogP contribution in [0.4, 0.5) is 0 Å². The Balaban J connectivity index is 0.000000122. The first-order chi connectivity index (χ1) is 46.0. The van der Waals surface area contributed by atoms with Gasteiger partial charge < -0.3 is 0 Å². The van der Waals surface area contributed by atoms with E-state index in [0.29, 0.717) is 23.7 Å². The van der Waals surface area contributed by atoms with E-state index < -0.39 is 0 Å². The van der Waals surface area contributed by atoms with Crippen molar-refractivity contribution in [2.75, 3.05) is 0 Å². The van der Waals surface area contributed by atoms with Crippen molar-refractivity contribution in [1.82, 2.24) is 0 Å². The van der Waals surface area contributed by atoms with Crippen molar-refractivity contribution >= 4 is 11.1 Å². The van der Waals surface area contributed by atoms with Gasteiger partial charge in [0.15, 0.2) is 0 Å². The molecule has 0 heterocycles. The Kier molecular flexibility index (Phi) is 19.5. The van der Waals surface area contributed by atoms with Crippen molar-refractivity contribution in [1.29, 1.82) is 0 Å². The summed E-state index contributed by atoms with van der Waals surface area (Å²) in [7, 11) is 0. The van der Waals surface area contributed by atoms with Gasteiger partial charge in [-0.05, 0) is 275 Å². The molecule has 2 fully saturated rings. The number of rotatable bonds is 14. The maximum Gasteiger partial charge on any atom is 0.0281 e. The second-order valence-corrected chi connectivity index (χ2v) is 29.9. The zero-order chi connectivity index (χ0) is 64.1. The number of aryl methyl sites for hydroxylation is 4. The summed E-state index contributed by atoms with van der Waals surface area (Å²) >= 11 is 0. The highest BCUT2D eigenvalue weighted by Crippen LogP contribution is 2.46. The predicted molar refractivity (Wildman–Crippen MR) is 402 cm³/mol. The zero-order valence-corrected chi connectivity index (χ0v) is 57.2. The summed E-state index contributed by atoms with van der Waals surface area (Å²) < 4.78 is 0. The molecule has 0 saturated heterocycles. The van der Waals surface area contributed by atoms with Crippen LogP contribution in [0.1, 0.15) is 176 Å². The molecule has 0 spiro atoms. The fourth-order valence-corrected chi connectivity index (χ4v) is 17.3. The van der Waals surface area contributed by atoms with Gasteiger partial charge in [-0.2, -0.15) is 0 Å². The Morgan fingerprint density at radius 3 is 1.49 bits per heavy atom. The largest absolute Gasteiger partial charge is 0.0836 e. The van der Waals surface area contributed by atoms with Gasteiger partial charge in [0.1, 0.15) is 0 Å². The normalized spacial score (nSPS) is 24.4. The molecule has 0 N–H and O–H groups in total. The van der Waals surface area contributed by atoms with E-state index in [9.17, 15) is 0 Å². The molecular weight excluding hydrogens is 1130 g/mol. The number of allylic oxidation sites excluding steroid dienone is 32. The molecule has 0 heteroatoms. The molecule has 0 bridgehead atoms. The zero-order valence-electron chi connectivity index (χ0n) is 57.2. The molecule has 476 valence electrons. The fourth-order valence-electron chi connectivity index (χ4n) is 17.3. The smallest absolute Gasteiger partial charge is 0.0281 e. The summed E-state index contributed by atoms with van der Waals surface area (Å²) in [5.74, 6) is 6.03. The standard InChI is InChI=1S/C34H40.C30H26.C30H34/c1-22(2)27-13-15-29(16-14-27)28-11-9-26(10-12-28)21-30-17-18-33(34-8-6-7-32(30)34)31-19-23(3)25(5)24(4)20-31;1-2-6-22(5-1)24-13-11-21(12-14-24)19-26-17-18-29(30-10-4-9-28(26)30)27-16-15-23-7-3-8-25(23)20-27;1-22-10-12-23(13-11-22)20-24-14-16-25(17-15-24)21-27-18-19-29(26-6-3-2-4-7-26)30-9-5-8-28(27)30/h6-12,17-20,22,27,29,34H,13-16,21H2,1-5H3;1-2,4-6,9-18,20,22,30H,3,7-8,19H2;3,5-9,14-19,22-23,30H,2,4,10-13,20-21H2,1H3. The van der Waals surface area contributed by atoms with Crippen LogP contribution < -0.4 is 0 Å². The topological polar surface area (TPSA) is 0 Å². The van der Waals surface area contributed by atoms with E-state index >= 15 is 0 Å². The average Bonchev–Trinajstić information content (AvgIpc) is 1.59. The maximum absolute atomic E-state index is 2.45. The summed E-state index contributed by atoms with van der Waals surface area (Å²) in [6.45, 7) is 13.9. The maximum atomic E-state index is 2.45. The van der Waals surface area contributed by atoms with Gasteiger partial charge in [0, 0.05) is 23.7 Å². The van der Waals surface area contributed by atoms with E-state index in [0.717, 1.165) is 48.9 Å². The second kappa shape index (κ2) is 28.9. The first-order valence-corrected chi connectivity index (χ1v) is 36.6. The van der Waals surface area contributed by atoms with Crippen LogP contribution in [0.15, 0.2) is 281 Å². The van der Waals surface area contributed by atoms with Crippen molar-refractivity contribution in [2.24, 2.45) is 41.4 Å². The van der Waals surface area contributed by atoms with Crippen molar-refractivity contribution in [2.45, 2.75) is 163 Å². The van der Waals surface area contributed by atoms with Crippen LogP contribution in [0.3, 0.4) is 0 Å². The van der Waals surface area contributed by atoms with Crippen molar-refractivity contribution in [3.63, 3.8) is 0 Å². The highest BCUT2D eigenvalue weighted by molar-refractivity contribution is 5.81. The molecule has 11 aliphatic carbocycles. The first-order valence-electron chi connectivity index (χ1n) is 36.6. The summed E-state index contributed by atoms with van der Waals surface area (Å²) in [4.78, 5) is 0. The summed E-state index contributed by atoms with van der Waals surface area (Å²) in [6.07, 6.45) is 72.4. The first kappa shape index (κ1) is 63.3. The van der Waals surface area contributed by atoms with E-state index in [1.807, 2.05) is 0 Å². The third-order valence-corrected chi connectivity index (χ3v) is 23.4. The lowest BCUT2D eigenvalue weighted by atomic mass is 9.74. The van der Waals surface area contributed by atoms with E-state index in [-0.39, 0.29) is 0 Å². The highest BCUT2D eigenvalue weighted by atomic mass is 14.4. The van der Waals surface area contributed by atoms with Gasteiger partial charge in [-0.1, -0.05) is 270 Å². The Hall–Kier alpha value is -8.06. The van der Waals surface area contributed by atoms with E-state index in [1.165, 1.54) is 201 Å². The third kappa shape index (κ3) is 14.3. The molecule has 94 heavy (non-hydrogen) atoms. The number of benzene rings is 5. The van der Waals surface area contributed by atoms with Crippen LogP contribution in [-0.2, 0) is 38.5 Å². The van der Waals surface area contributed by atoms with Crippen LogP contribution >= 0.6 is 0 Å². The van der Waals surface area contributed by atoms with Gasteiger partial charge in [0.05, 0.1) is 0 Å². The molecule has 5 aromatic carbocycles. The van der Waals surface area contributed by atoms with Crippen LogP contribution in [0, 0.1) is 62.2 Å². The van der Waals surface area contributed by atoms with Crippen molar-refractivity contribution in [3.8, 4) is 0 Å². The van der Waals surface area contributed by atoms with Crippen LogP contribution in [0.5, 0.6) is 0 Å². The molecule has 3 unspecified atom stereocenters. The molecule has 0 aromatic heterocycles. The van der Waals surface area contributed by atoms with Gasteiger partial charge in [-0.3, -0.25) is 0 Å². The lowest BCUT2D eigenvalue weighted by Gasteiger charge is -2.31. The van der Waals surface area contributed by atoms with Gasteiger partial charge >= 0.3 is 0 Å². The van der Waals surface area contributed by atoms with Crippen LogP contribution in [0.2, 0.25) is 0 Å². The molecule has 0 aliphatic heterocycles. The molecular formula is C94H100. The Morgan fingerprint density at radius 1 is 0.426 bits per heavy atom. The predicted octanol–water partition coefficient (Wildman–Crippen LogP) is 24.1. The van der Waals surface area contributed by atoms with E-state index in [1.54, 1.807) is 16.7 Å². The molecule has 2 saturated carbocycles. The number of hydrogen-bond donors (Lipinski definition) is 0. The quantitative estimate of drug-likeness (QED) is 0.104. The molecule has 16 rings (SSSR count). The average molecular weight is 1230 g/mol. The van der Waals surface area contributed by atoms with Gasteiger partial charge in [0.2, 0.25) is 0 Å². The second-order valence-electron chi connectivity index (χ2n) is 29.9. The van der Waals surface area contributed by atoms with Crippen LogP contribution in [-0.4, -0.2) is 0 Å². The molecule has 3 atom stereocenters. The minimum absolute atomic E-state index is 0.386. The SMILES string of the molecule is C1=CC2C(=C1)C(Cc1ccc(C3C=CC=C3)cc1)=CC=C2c1ccc2c(c1)CCC2.CC1CCC(Cc2ccc(CC3=CC=C(C4=CCCC=C4)C4C=CC=C34)cc2)CC1.Cc1cc(C2=CC=C(Cc3ccc(C4CCC(C(C)C)CC4)cc3)C3=CC=CC32)cc(C)c1C. The Labute approximate surface area is 565 Å². The minimum atomic E-state index is 0.386. The van der Waals surface area contributed by atoms with Crippen molar-refractivity contribution in [3.05, 3.63) is 354 Å². The Morgan fingerprint density at radius 2 is 0.936 bits per heavy atom. The molecule has 0 nitrogen and oxygen atoms in total. The summed E-state index contributed by atoms with van der Waals surface area (Å²) in [5, 5.41) is 0. The Bertz CT molecular complexity index is 4120. The third-order valence-electron chi connectivity index (χ3n) is 23.4. The van der Waals surface area contributed by atoms with Gasteiger partial charge in [0.25, 0.3) is 0 Å². The van der Waals surface area contributed by atoms with Crippen molar-refractivity contribution < 1.29 is 0 Å². The number of hydrogen-bond acceptors (Lipinski definition) is 0. The summed E-state index contributed by atoms with van der Waals surface area (Å²) in [6, 6.07) is 40.1. The van der Waals surface area contributed by atoms with E-state index in [4.69, 9.17) is 0 Å². The molecule has 0 radical (unpaired) electrons. The number of fused-ring (bicyclic) bond motifs is 4. The summed E-state index contributed by atoms with van der Waals surface area (Å²) in [5.41, 5.74) is 33.3. The minimum Gasteiger partial charge on any atom is -0.0836 e. The lowest BCUT2D eigenvalue weighted by molar-refractivity contribution is 0.259. The molecule has 5 aromatic rings. The van der Waals surface area contributed by atoms with E-state index in [2.05, 4.69) is 278 Å². The monoisotopic (exact) mass is 1230 g/mol. The molecule has 11 aliphatic rings. The lowest BCUT2D eigenvalue weighted by Crippen LogP contribution is -2.17. The fraction of sp³-hybridized carbons (Fsp3) is 0.340.